The maximum atomic E-state index is 11.9. The third-order valence-corrected chi connectivity index (χ3v) is 6.40. The lowest BCUT2D eigenvalue weighted by molar-refractivity contribution is -0.143. The van der Waals surface area contributed by atoms with E-state index in [-0.39, 0.29) is 5.56 Å². The molecule has 2 aliphatic heterocycles. The quantitative estimate of drug-likeness (QED) is 0.642. The van der Waals surface area contributed by atoms with Gasteiger partial charge in [0.25, 0.3) is 5.56 Å². The largest absolute Gasteiger partial charge is 0.481 e. The van der Waals surface area contributed by atoms with Gasteiger partial charge in [0.15, 0.2) is 0 Å². The highest BCUT2D eigenvalue weighted by atomic mass is 32.2. The van der Waals surface area contributed by atoms with Crippen LogP contribution >= 0.6 is 11.8 Å². The Balaban J connectivity index is 1.72. The number of hydrogen-bond donors (Lipinski definition) is 4. The zero-order valence-corrected chi connectivity index (χ0v) is 13.8. The zero-order valence-electron chi connectivity index (χ0n) is 13.0. The summed E-state index contributed by atoms with van der Waals surface area (Å²) in [7, 11) is 0. The van der Waals surface area contributed by atoms with E-state index in [1.165, 1.54) is 11.8 Å². The van der Waals surface area contributed by atoms with E-state index in [2.05, 4.69) is 10.3 Å². The summed E-state index contributed by atoms with van der Waals surface area (Å²) in [4.78, 5) is 26.2. The molecule has 0 aliphatic carbocycles. The van der Waals surface area contributed by atoms with Crippen LogP contribution < -0.4 is 16.6 Å². The molecule has 2 atom stereocenters. The summed E-state index contributed by atoms with van der Waals surface area (Å²) >= 11 is 1.34. The fraction of sp³-hybridized carbons (Fsp3) is 0.625. The van der Waals surface area contributed by atoms with Gasteiger partial charge in [0.05, 0.1) is 10.8 Å². The Morgan fingerprint density at radius 2 is 2.22 bits per heavy atom. The van der Waals surface area contributed by atoms with Crippen molar-refractivity contribution in [2.75, 3.05) is 13.1 Å². The summed E-state index contributed by atoms with van der Waals surface area (Å²) in [6.45, 7) is 2.01. The van der Waals surface area contributed by atoms with E-state index in [9.17, 15) is 14.7 Å². The molecule has 0 radical (unpaired) electrons. The van der Waals surface area contributed by atoms with Gasteiger partial charge in [-0.3, -0.25) is 9.59 Å². The number of hydrogen-bond acceptors (Lipinski definition) is 5. The molecule has 1 aromatic rings. The molecule has 0 spiro atoms. The molecule has 5 N–H and O–H groups in total. The summed E-state index contributed by atoms with van der Waals surface area (Å²) in [5.74, 6) is -0.939. The third-order valence-electron chi connectivity index (χ3n) is 4.98. The number of rotatable bonds is 5. The van der Waals surface area contributed by atoms with E-state index < -0.39 is 16.8 Å². The summed E-state index contributed by atoms with van der Waals surface area (Å²) in [5.41, 5.74) is 6.91. The highest BCUT2D eigenvalue weighted by Gasteiger charge is 2.46. The number of carbonyl (C=O) groups is 1. The van der Waals surface area contributed by atoms with Crippen molar-refractivity contribution in [3.63, 3.8) is 0 Å². The minimum atomic E-state index is -0.935. The molecule has 1 fully saturated rings. The number of nitrogens with one attached hydrogen (secondary N) is 2. The predicted molar refractivity (Wildman–Crippen MR) is 89.5 cm³/mol. The van der Waals surface area contributed by atoms with Crippen molar-refractivity contribution in [1.29, 1.82) is 0 Å². The van der Waals surface area contributed by atoms with Gasteiger partial charge in [-0.2, -0.15) is 0 Å². The first-order valence-electron chi connectivity index (χ1n) is 8.11. The molecule has 0 amide bonds. The number of carboxylic acid groups (broad SMARTS) is 1. The average molecular weight is 337 g/mol. The molecule has 0 unspecified atom stereocenters. The monoisotopic (exact) mass is 337 g/mol. The van der Waals surface area contributed by atoms with Crippen LogP contribution in [0.2, 0.25) is 0 Å². The number of piperidine rings is 1. The van der Waals surface area contributed by atoms with Crippen LogP contribution in [0.3, 0.4) is 0 Å². The van der Waals surface area contributed by atoms with Crippen LogP contribution in [0.5, 0.6) is 0 Å². The van der Waals surface area contributed by atoms with Crippen LogP contribution in [-0.2, 0) is 11.2 Å². The molecular formula is C16H23N3O3S. The molecule has 23 heavy (non-hydrogen) atoms. The Kier molecular flexibility index (Phi) is 4.79. The first-order valence-corrected chi connectivity index (χ1v) is 8.93. The Morgan fingerprint density at radius 1 is 1.48 bits per heavy atom. The third kappa shape index (κ3) is 3.46. The van der Waals surface area contributed by atoms with Gasteiger partial charge >= 0.3 is 5.97 Å². The number of aromatic amines is 1. The molecule has 1 aromatic heterocycles. The Hall–Kier alpha value is -1.31. The number of aliphatic carboxylic acids is 1. The molecule has 6 nitrogen and oxygen atoms in total. The number of pyridine rings is 1. The number of thioether (sulfide) groups is 1. The summed E-state index contributed by atoms with van der Waals surface area (Å²) in [5, 5.41) is 13.0. The van der Waals surface area contributed by atoms with Gasteiger partial charge in [0.2, 0.25) is 0 Å². The van der Waals surface area contributed by atoms with Crippen LogP contribution in [0.4, 0.5) is 0 Å². The molecule has 0 bridgehead atoms. The molecule has 7 heteroatoms. The molecule has 3 heterocycles. The van der Waals surface area contributed by atoms with Gasteiger partial charge in [-0.05, 0) is 50.8 Å². The molecule has 0 aromatic carbocycles. The molecule has 1 saturated heterocycles. The fourth-order valence-corrected chi connectivity index (χ4v) is 5.03. The van der Waals surface area contributed by atoms with Crippen molar-refractivity contribution in [2.24, 2.45) is 17.6 Å². The number of H-pyrrole nitrogens is 1. The highest BCUT2D eigenvalue weighted by Crippen LogP contribution is 2.46. The van der Waals surface area contributed by atoms with Crippen molar-refractivity contribution in [2.45, 2.75) is 41.9 Å². The molecule has 126 valence electrons. The summed E-state index contributed by atoms with van der Waals surface area (Å²) in [6, 6.07) is 1.81. The first-order chi connectivity index (χ1) is 11.0. The van der Waals surface area contributed by atoms with Gasteiger partial charge in [-0.15, -0.1) is 11.8 Å². The van der Waals surface area contributed by atoms with Crippen LogP contribution in [-0.4, -0.2) is 34.0 Å². The van der Waals surface area contributed by atoms with Crippen molar-refractivity contribution in [3.05, 3.63) is 28.2 Å². The van der Waals surface area contributed by atoms with Crippen molar-refractivity contribution >= 4 is 17.7 Å². The second-order valence-electron chi connectivity index (χ2n) is 6.54. The fourth-order valence-electron chi connectivity index (χ4n) is 3.62. The Labute approximate surface area is 139 Å². The van der Waals surface area contributed by atoms with Crippen molar-refractivity contribution in [3.8, 4) is 0 Å². The van der Waals surface area contributed by atoms with E-state index >= 15 is 0 Å². The minimum Gasteiger partial charge on any atom is -0.481 e. The second kappa shape index (κ2) is 6.67. The van der Waals surface area contributed by atoms with E-state index in [0.717, 1.165) is 37.2 Å². The molecule has 2 aliphatic rings. The van der Waals surface area contributed by atoms with Crippen LogP contribution in [0.15, 0.2) is 22.0 Å². The van der Waals surface area contributed by atoms with Gasteiger partial charge < -0.3 is 21.1 Å². The maximum absolute atomic E-state index is 11.9. The number of nitrogens with two attached hydrogens (primary N) is 1. The zero-order chi connectivity index (χ0) is 16.4. The second-order valence-corrected chi connectivity index (χ2v) is 7.95. The highest BCUT2D eigenvalue weighted by molar-refractivity contribution is 8.01. The summed E-state index contributed by atoms with van der Waals surface area (Å²) in [6.07, 6.45) is 5.53. The summed E-state index contributed by atoms with van der Waals surface area (Å²) < 4.78 is 0. The van der Waals surface area contributed by atoms with Gasteiger partial charge in [-0.25, -0.2) is 0 Å². The van der Waals surface area contributed by atoms with Gasteiger partial charge in [0.1, 0.15) is 0 Å². The average Bonchev–Trinajstić information content (AvgIpc) is 2.87. The number of aromatic nitrogens is 1. The van der Waals surface area contributed by atoms with E-state index in [1.807, 2.05) is 6.07 Å². The first kappa shape index (κ1) is 16.5. The lowest BCUT2D eigenvalue weighted by Gasteiger charge is -2.31. The van der Waals surface area contributed by atoms with E-state index in [0.29, 0.717) is 24.3 Å². The van der Waals surface area contributed by atoms with Crippen LogP contribution in [0, 0.1) is 11.8 Å². The number of carboxylic acids is 1. The molecule has 0 saturated carbocycles. The standard InChI is InChI=1S/C16H23N3O3S/c17-16(9-11-13(23-16)5-8-19-14(11)20)12(15(21)22)2-1-10-3-6-18-7-4-10/h5,8,10,12,18H,1-4,6-7,9,17H2,(H,19,20)(H,21,22)/t12-,16+/m0/s1. The molecule has 3 rings (SSSR count). The van der Waals surface area contributed by atoms with Crippen molar-refractivity contribution < 1.29 is 9.90 Å². The lowest BCUT2D eigenvalue weighted by atomic mass is 9.85. The smallest absolute Gasteiger partial charge is 0.309 e. The maximum Gasteiger partial charge on any atom is 0.309 e. The Bertz CT molecular complexity index is 642. The topological polar surface area (TPSA) is 108 Å². The van der Waals surface area contributed by atoms with Crippen LogP contribution in [0.25, 0.3) is 0 Å². The minimum absolute atomic E-state index is 0.162. The van der Waals surface area contributed by atoms with E-state index in [1.54, 1.807) is 6.20 Å². The van der Waals surface area contributed by atoms with E-state index in [4.69, 9.17) is 5.73 Å². The predicted octanol–water partition coefficient (Wildman–Crippen LogP) is 1.16. The van der Waals surface area contributed by atoms with Gasteiger partial charge in [-0.1, -0.05) is 0 Å². The number of fused-ring (bicyclic) bond motifs is 1. The lowest BCUT2D eigenvalue weighted by Crippen LogP contribution is -2.48. The molecular weight excluding hydrogens is 314 g/mol. The van der Waals surface area contributed by atoms with Crippen LogP contribution in [0.1, 0.15) is 31.2 Å². The van der Waals surface area contributed by atoms with Crippen molar-refractivity contribution in [1.82, 2.24) is 10.3 Å². The SMILES string of the molecule is N[C@]1([C@@H](CCC2CCNCC2)C(=O)O)Cc2c(cc[nH]c2=O)S1. The Morgan fingerprint density at radius 3 is 2.87 bits per heavy atom. The van der Waals surface area contributed by atoms with Gasteiger partial charge in [0, 0.05) is 23.1 Å². The normalized spacial score (nSPS) is 26.0.